The highest BCUT2D eigenvalue weighted by molar-refractivity contribution is 5.91. The van der Waals surface area contributed by atoms with E-state index in [9.17, 15) is 14.7 Å². The second-order valence-electron chi connectivity index (χ2n) is 7.90. The molecule has 1 aromatic carbocycles. The molecule has 1 saturated carbocycles. The molecular formula is C19H24N2O5. The van der Waals surface area contributed by atoms with E-state index in [-0.39, 0.29) is 18.6 Å². The van der Waals surface area contributed by atoms with Gasteiger partial charge in [0, 0.05) is 32.7 Å². The van der Waals surface area contributed by atoms with Crippen LogP contribution in [0.2, 0.25) is 0 Å². The van der Waals surface area contributed by atoms with Crippen molar-refractivity contribution in [3.8, 4) is 11.5 Å². The maximum atomic E-state index is 12.7. The summed E-state index contributed by atoms with van der Waals surface area (Å²) in [5.74, 6) is -0.252. The Morgan fingerprint density at radius 2 is 1.81 bits per heavy atom. The number of hydrogen-bond donors (Lipinski definition) is 1. The van der Waals surface area contributed by atoms with E-state index in [0.29, 0.717) is 13.1 Å². The van der Waals surface area contributed by atoms with E-state index in [2.05, 4.69) is 4.90 Å². The van der Waals surface area contributed by atoms with Gasteiger partial charge in [-0.1, -0.05) is 19.9 Å². The molecule has 0 aromatic heterocycles. The molecule has 4 rings (SSSR count). The smallest absolute Gasteiger partial charge is 0.307 e. The molecule has 7 nitrogen and oxygen atoms in total. The third kappa shape index (κ3) is 2.90. The molecule has 2 heterocycles. The molecule has 0 radical (unpaired) electrons. The number of amides is 1. The predicted molar refractivity (Wildman–Crippen MR) is 92.8 cm³/mol. The van der Waals surface area contributed by atoms with Gasteiger partial charge in [-0.2, -0.15) is 0 Å². The SMILES string of the molecule is CC1(C)[C@@H](C(=O)O)[C@@H]1C(=O)N1CCN(Cc2ccc3c(c2)OCO3)CC1. The Balaban J connectivity index is 1.32. The molecule has 3 aliphatic rings. The van der Waals surface area contributed by atoms with Crippen LogP contribution in [0.25, 0.3) is 0 Å². The Hall–Kier alpha value is -2.28. The molecule has 0 bridgehead atoms. The second-order valence-corrected chi connectivity index (χ2v) is 7.90. The van der Waals surface area contributed by atoms with Gasteiger partial charge in [0.05, 0.1) is 11.8 Å². The average Bonchev–Trinajstić information content (AvgIpc) is 2.95. The molecule has 2 aliphatic heterocycles. The van der Waals surface area contributed by atoms with Crippen molar-refractivity contribution >= 4 is 11.9 Å². The Morgan fingerprint density at radius 3 is 2.46 bits per heavy atom. The van der Waals surface area contributed by atoms with Crippen LogP contribution in [0.3, 0.4) is 0 Å². The highest BCUT2D eigenvalue weighted by Gasteiger charge is 2.66. The van der Waals surface area contributed by atoms with Gasteiger partial charge in [0.25, 0.3) is 0 Å². The summed E-state index contributed by atoms with van der Waals surface area (Å²) in [5, 5.41) is 9.28. The molecule has 2 atom stereocenters. The molecule has 1 aliphatic carbocycles. The largest absolute Gasteiger partial charge is 0.481 e. The molecule has 1 amide bonds. The molecular weight excluding hydrogens is 336 g/mol. The van der Waals surface area contributed by atoms with Gasteiger partial charge in [0.15, 0.2) is 11.5 Å². The third-order valence-electron chi connectivity index (χ3n) is 5.89. The number of benzene rings is 1. The van der Waals surface area contributed by atoms with E-state index in [1.54, 1.807) is 0 Å². The van der Waals surface area contributed by atoms with Crippen LogP contribution >= 0.6 is 0 Å². The van der Waals surface area contributed by atoms with E-state index >= 15 is 0 Å². The van der Waals surface area contributed by atoms with Crippen molar-refractivity contribution in [3.63, 3.8) is 0 Å². The van der Waals surface area contributed by atoms with Crippen molar-refractivity contribution in [1.82, 2.24) is 9.80 Å². The minimum Gasteiger partial charge on any atom is -0.481 e. The molecule has 1 saturated heterocycles. The highest BCUT2D eigenvalue weighted by Crippen LogP contribution is 2.59. The lowest BCUT2D eigenvalue weighted by Crippen LogP contribution is -2.49. The fourth-order valence-corrected chi connectivity index (χ4v) is 4.18. The number of ether oxygens (including phenoxy) is 2. The van der Waals surface area contributed by atoms with Gasteiger partial charge in [0.1, 0.15) is 0 Å². The van der Waals surface area contributed by atoms with Crippen LogP contribution in [-0.4, -0.2) is 59.8 Å². The van der Waals surface area contributed by atoms with Crippen LogP contribution in [-0.2, 0) is 16.1 Å². The summed E-state index contributed by atoms with van der Waals surface area (Å²) < 4.78 is 10.7. The number of carboxylic acids is 1. The number of nitrogens with zero attached hydrogens (tertiary/aromatic N) is 2. The van der Waals surface area contributed by atoms with Gasteiger partial charge in [0.2, 0.25) is 12.7 Å². The molecule has 1 aromatic rings. The van der Waals surface area contributed by atoms with Crippen molar-refractivity contribution in [3.05, 3.63) is 23.8 Å². The predicted octanol–water partition coefficient (Wildman–Crippen LogP) is 1.42. The Labute approximate surface area is 152 Å². The number of rotatable bonds is 4. The summed E-state index contributed by atoms with van der Waals surface area (Å²) in [6, 6.07) is 5.97. The van der Waals surface area contributed by atoms with E-state index < -0.39 is 17.3 Å². The zero-order valence-corrected chi connectivity index (χ0v) is 15.1. The summed E-state index contributed by atoms with van der Waals surface area (Å²) >= 11 is 0. The van der Waals surface area contributed by atoms with Crippen molar-refractivity contribution in [2.45, 2.75) is 20.4 Å². The van der Waals surface area contributed by atoms with Crippen molar-refractivity contribution in [1.29, 1.82) is 0 Å². The fraction of sp³-hybridized carbons (Fsp3) is 0.579. The number of aliphatic carboxylic acids is 1. The van der Waals surface area contributed by atoms with Crippen molar-refractivity contribution in [2.75, 3.05) is 33.0 Å². The second kappa shape index (κ2) is 6.16. The van der Waals surface area contributed by atoms with Gasteiger partial charge in [-0.25, -0.2) is 0 Å². The first-order chi connectivity index (χ1) is 12.4. The van der Waals surface area contributed by atoms with E-state index in [1.165, 1.54) is 0 Å². The summed E-state index contributed by atoms with van der Waals surface area (Å²) in [5.41, 5.74) is 0.718. The maximum absolute atomic E-state index is 12.7. The van der Waals surface area contributed by atoms with E-state index in [1.807, 2.05) is 36.9 Å². The quantitative estimate of drug-likeness (QED) is 0.875. The Bertz CT molecular complexity index is 739. The Morgan fingerprint density at radius 1 is 1.12 bits per heavy atom. The zero-order chi connectivity index (χ0) is 18.5. The van der Waals surface area contributed by atoms with Crippen LogP contribution < -0.4 is 9.47 Å². The molecule has 140 valence electrons. The molecule has 7 heteroatoms. The van der Waals surface area contributed by atoms with Crippen molar-refractivity contribution in [2.24, 2.45) is 17.3 Å². The summed E-state index contributed by atoms with van der Waals surface area (Å²) in [6.07, 6.45) is 0. The lowest BCUT2D eigenvalue weighted by molar-refractivity contribution is -0.142. The standard InChI is InChI=1S/C19H24N2O5/c1-19(2)15(16(19)18(23)24)17(22)21-7-5-20(6-8-21)10-12-3-4-13-14(9-12)26-11-25-13/h3-4,9,15-16H,5-8,10-11H2,1-2H3,(H,23,24)/t15-,16-/m1/s1. The van der Waals surface area contributed by atoms with Crippen molar-refractivity contribution < 1.29 is 24.2 Å². The zero-order valence-electron chi connectivity index (χ0n) is 15.1. The summed E-state index contributed by atoms with van der Waals surface area (Å²) in [4.78, 5) is 28.1. The fourth-order valence-electron chi connectivity index (χ4n) is 4.18. The molecule has 1 N–H and O–H groups in total. The number of hydrogen-bond acceptors (Lipinski definition) is 5. The van der Waals surface area contributed by atoms with Crippen LogP contribution in [0.4, 0.5) is 0 Å². The molecule has 0 spiro atoms. The minimum absolute atomic E-state index is 0.00914. The van der Waals surface area contributed by atoms with Crippen LogP contribution in [0.1, 0.15) is 19.4 Å². The highest BCUT2D eigenvalue weighted by atomic mass is 16.7. The van der Waals surface area contributed by atoms with Gasteiger partial charge < -0.3 is 19.5 Å². The minimum atomic E-state index is -0.866. The number of carbonyl (C=O) groups is 2. The first-order valence-electron chi connectivity index (χ1n) is 9.00. The van der Waals surface area contributed by atoms with Gasteiger partial charge >= 0.3 is 5.97 Å². The number of fused-ring (bicyclic) bond motifs is 1. The van der Waals surface area contributed by atoms with Gasteiger partial charge in [-0.15, -0.1) is 0 Å². The lowest BCUT2D eigenvalue weighted by Gasteiger charge is -2.35. The number of carbonyl (C=O) groups excluding carboxylic acids is 1. The van der Waals surface area contributed by atoms with E-state index in [0.717, 1.165) is 36.7 Å². The van der Waals surface area contributed by atoms with E-state index in [4.69, 9.17) is 9.47 Å². The summed E-state index contributed by atoms with van der Waals surface area (Å²) in [6.45, 7) is 7.65. The van der Waals surface area contributed by atoms with Gasteiger partial charge in [-0.3, -0.25) is 14.5 Å². The van der Waals surface area contributed by atoms with Crippen LogP contribution in [0.15, 0.2) is 18.2 Å². The Kier molecular flexibility index (Phi) is 4.06. The average molecular weight is 360 g/mol. The molecule has 2 fully saturated rings. The molecule has 26 heavy (non-hydrogen) atoms. The third-order valence-corrected chi connectivity index (χ3v) is 5.89. The van der Waals surface area contributed by atoms with Crippen LogP contribution in [0.5, 0.6) is 11.5 Å². The number of piperazine rings is 1. The normalized spacial score (nSPS) is 26.6. The molecule has 0 unspecified atom stereocenters. The number of carboxylic acid groups (broad SMARTS) is 1. The maximum Gasteiger partial charge on any atom is 0.307 e. The lowest BCUT2D eigenvalue weighted by atomic mass is 10.1. The monoisotopic (exact) mass is 360 g/mol. The van der Waals surface area contributed by atoms with Gasteiger partial charge in [-0.05, 0) is 23.1 Å². The van der Waals surface area contributed by atoms with Crippen LogP contribution in [0, 0.1) is 17.3 Å². The topological polar surface area (TPSA) is 79.3 Å². The summed E-state index contributed by atoms with van der Waals surface area (Å²) in [7, 11) is 0. The first-order valence-corrected chi connectivity index (χ1v) is 9.00. The first kappa shape index (κ1) is 17.1.